The molecule has 1 aromatic carbocycles. The zero-order valence-corrected chi connectivity index (χ0v) is 9.87. The van der Waals surface area contributed by atoms with Gasteiger partial charge < -0.3 is 0 Å². The number of nitrogens with one attached hydrogen (secondary N) is 1. The zero-order chi connectivity index (χ0) is 11.4. The second kappa shape index (κ2) is 5.18. The first-order chi connectivity index (χ1) is 7.85. The summed E-state index contributed by atoms with van der Waals surface area (Å²) < 4.78 is 0. The van der Waals surface area contributed by atoms with Gasteiger partial charge in [-0.3, -0.25) is 5.32 Å². The molecular weight excluding hydrogens is 194 g/mol. The van der Waals surface area contributed by atoms with Crippen LogP contribution in [0, 0.1) is 12.3 Å². The van der Waals surface area contributed by atoms with Crippen LogP contribution in [0.2, 0.25) is 0 Å². The van der Waals surface area contributed by atoms with Crippen molar-refractivity contribution in [1.82, 2.24) is 5.32 Å². The van der Waals surface area contributed by atoms with Crippen molar-refractivity contribution in [1.29, 1.82) is 0 Å². The number of aryl methyl sites for hydroxylation is 1. The molecule has 1 N–H and O–H groups in total. The number of terminal acetylenes is 1. The lowest BCUT2D eigenvalue weighted by Gasteiger charge is -2.28. The first-order valence-corrected chi connectivity index (χ1v) is 6.15. The molecule has 2 atom stereocenters. The van der Waals surface area contributed by atoms with Crippen molar-refractivity contribution in [2.24, 2.45) is 0 Å². The smallest absolute Gasteiger partial charge is 0.0689 e. The fraction of sp³-hybridized carbons (Fsp3) is 0.467. The molecule has 0 aliphatic heterocycles. The van der Waals surface area contributed by atoms with E-state index in [1.165, 1.54) is 30.4 Å². The third-order valence-corrected chi connectivity index (χ3v) is 3.38. The predicted octanol–water partition coefficient (Wildman–Crippen LogP) is 3.07. The van der Waals surface area contributed by atoms with Gasteiger partial charge in [-0.25, -0.2) is 0 Å². The summed E-state index contributed by atoms with van der Waals surface area (Å²) in [6.45, 7) is 2.13. The van der Waals surface area contributed by atoms with Crippen molar-refractivity contribution in [3.8, 4) is 12.3 Å². The molecule has 0 amide bonds. The zero-order valence-electron chi connectivity index (χ0n) is 9.87. The Bertz CT molecular complexity index is 389. The molecule has 0 radical (unpaired) electrons. The van der Waals surface area contributed by atoms with E-state index in [-0.39, 0.29) is 6.04 Å². The van der Waals surface area contributed by atoms with Crippen LogP contribution in [-0.4, -0.2) is 6.04 Å². The third-order valence-electron chi connectivity index (χ3n) is 3.38. The highest BCUT2D eigenvalue weighted by atomic mass is 14.9. The van der Waals surface area contributed by atoms with E-state index in [4.69, 9.17) is 6.42 Å². The van der Waals surface area contributed by atoms with Gasteiger partial charge in [-0.1, -0.05) is 37.1 Å². The van der Waals surface area contributed by atoms with Gasteiger partial charge in [0.15, 0.2) is 0 Å². The number of hydrogen-bond donors (Lipinski definition) is 1. The summed E-state index contributed by atoms with van der Waals surface area (Å²) >= 11 is 0. The largest absolute Gasteiger partial charge is 0.297 e. The minimum absolute atomic E-state index is 0.205. The van der Waals surface area contributed by atoms with Gasteiger partial charge in [-0.2, -0.15) is 0 Å². The lowest BCUT2D eigenvalue weighted by Crippen LogP contribution is -2.33. The predicted molar refractivity (Wildman–Crippen MR) is 68.2 cm³/mol. The molecule has 0 fully saturated rings. The summed E-state index contributed by atoms with van der Waals surface area (Å²) in [4.78, 5) is 0. The SMILES string of the molecule is C#CC(CC)NC1CCCc2ccccc21. The fourth-order valence-electron chi connectivity index (χ4n) is 2.45. The number of rotatable bonds is 3. The van der Waals surface area contributed by atoms with Crippen LogP contribution in [0.15, 0.2) is 24.3 Å². The second-order valence-electron chi connectivity index (χ2n) is 4.44. The molecule has 1 nitrogen and oxygen atoms in total. The molecule has 1 aliphatic rings. The monoisotopic (exact) mass is 213 g/mol. The van der Waals surface area contributed by atoms with Crippen molar-refractivity contribution in [3.05, 3.63) is 35.4 Å². The minimum Gasteiger partial charge on any atom is -0.297 e. The Kier molecular flexibility index (Phi) is 3.64. The van der Waals surface area contributed by atoms with Crippen LogP contribution in [0.5, 0.6) is 0 Å². The van der Waals surface area contributed by atoms with Gasteiger partial charge in [0.25, 0.3) is 0 Å². The lowest BCUT2D eigenvalue weighted by atomic mass is 9.87. The van der Waals surface area contributed by atoms with Crippen molar-refractivity contribution in [3.63, 3.8) is 0 Å². The van der Waals surface area contributed by atoms with Gasteiger partial charge in [-0.05, 0) is 36.8 Å². The summed E-state index contributed by atoms with van der Waals surface area (Å²) in [6.07, 6.45) is 10.2. The van der Waals surface area contributed by atoms with Crippen molar-refractivity contribution in [2.75, 3.05) is 0 Å². The quantitative estimate of drug-likeness (QED) is 0.761. The molecule has 2 unspecified atom stereocenters. The summed E-state index contributed by atoms with van der Waals surface area (Å²) in [5.41, 5.74) is 2.93. The maximum absolute atomic E-state index is 5.51. The van der Waals surface area contributed by atoms with Gasteiger partial charge >= 0.3 is 0 Å². The summed E-state index contributed by atoms with van der Waals surface area (Å²) in [5, 5.41) is 3.58. The van der Waals surface area contributed by atoms with Crippen LogP contribution in [0.25, 0.3) is 0 Å². The van der Waals surface area contributed by atoms with Gasteiger partial charge in [-0.15, -0.1) is 6.42 Å². The molecule has 0 saturated carbocycles. The van der Waals surface area contributed by atoms with E-state index in [0.717, 1.165) is 6.42 Å². The van der Waals surface area contributed by atoms with Crippen LogP contribution >= 0.6 is 0 Å². The summed E-state index contributed by atoms with van der Waals surface area (Å²) in [6, 6.07) is 9.37. The standard InChI is InChI=1S/C15H19N/c1-3-13(4-2)16-15-11-7-9-12-8-5-6-10-14(12)15/h1,5-6,8,10,13,15-16H,4,7,9,11H2,2H3. The molecule has 0 aromatic heterocycles. The van der Waals surface area contributed by atoms with E-state index in [2.05, 4.69) is 42.4 Å². The highest BCUT2D eigenvalue weighted by molar-refractivity contribution is 5.32. The van der Waals surface area contributed by atoms with Crippen LogP contribution in [0.1, 0.15) is 43.4 Å². The normalized spacial score (nSPS) is 20.9. The molecule has 0 bridgehead atoms. The highest BCUT2D eigenvalue weighted by Crippen LogP contribution is 2.29. The summed E-state index contributed by atoms with van der Waals surface area (Å²) in [5.74, 6) is 2.82. The van der Waals surface area contributed by atoms with Gasteiger partial charge in [0.1, 0.15) is 0 Å². The van der Waals surface area contributed by atoms with E-state index < -0.39 is 0 Å². The van der Waals surface area contributed by atoms with E-state index in [1.807, 2.05) is 0 Å². The molecule has 1 heteroatoms. The topological polar surface area (TPSA) is 12.0 Å². The highest BCUT2D eigenvalue weighted by Gasteiger charge is 2.20. The minimum atomic E-state index is 0.205. The Balaban J connectivity index is 2.16. The first-order valence-electron chi connectivity index (χ1n) is 6.15. The molecule has 16 heavy (non-hydrogen) atoms. The molecule has 84 valence electrons. The average molecular weight is 213 g/mol. The maximum atomic E-state index is 5.51. The van der Waals surface area contributed by atoms with E-state index in [9.17, 15) is 0 Å². The maximum Gasteiger partial charge on any atom is 0.0689 e. The molecule has 0 saturated heterocycles. The third kappa shape index (κ3) is 2.28. The summed E-state index contributed by atoms with van der Waals surface area (Å²) in [7, 11) is 0. The molecule has 1 aliphatic carbocycles. The van der Waals surface area contributed by atoms with Crippen LogP contribution in [0.3, 0.4) is 0 Å². The van der Waals surface area contributed by atoms with E-state index in [1.54, 1.807) is 0 Å². The van der Waals surface area contributed by atoms with Gasteiger partial charge in [0.05, 0.1) is 6.04 Å². The lowest BCUT2D eigenvalue weighted by molar-refractivity contribution is 0.428. The Labute approximate surface area is 98.3 Å². The molecule has 1 aromatic rings. The fourth-order valence-corrected chi connectivity index (χ4v) is 2.45. The van der Waals surface area contributed by atoms with Crippen LogP contribution < -0.4 is 5.32 Å². The number of hydrogen-bond acceptors (Lipinski definition) is 1. The number of fused-ring (bicyclic) bond motifs is 1. The average Bonchev–Trinajstić information content (AvgIpc) is 2.36. The van der Waals surface area contributed by atoms with E-state index in [0.29, 0.717) is 6.04 Å². The van der Waals surface area contributed by atoms with E-state index >= 15 is 0 Å². The second-order valence-corrected chi connectivity index (χ2v) is 4.44. The Morgan fingerprint density at radius 1 is 1.50 bits per heavy atom. The van der Waals surface area contributed by atoms with Gasteiger partial charge in [0, 0.05) is 6.04 Å². The van der Waals surface area contributed by atoms with Crippen LogP contribution in [-0.2, 0) is 6.42 Å². The molecular formula is C15H19N. The van der Waals surface area contributed by atoms with Crippen molar-refractivity contribution < 1.29 is 0 Å². The van der Waals surface area contributed by atoms with Gasteiger partial charge in [0.2, 0.25) is 0 Å². The Morgan fingerprint density at radius 2 is 2.31 bits per heavy atom. The Hall–Kier alpha value is -1.26. The van der Waals surface area contributed by atoms with Crippen molar-refractivity contribution in [2.45, 2.75) is 44.7 Å². The first kappa shape index (κ1) is 11.2. The number of benzene rings is 1. The molecule has 0 spiro atoms. The Morgan fingerprint density at radius 3 is 3.06 bits per heavy atom. The molecule has 2 rings (SSSR count). The van der Waals surface area contributed by atoms with Crippen molar-refractivity contribution >= 4 is 0 Å². The van der Waals surface area contributed by atoms with Crippen LogP contribution in [0.4, 0.5) is 0 Å². The molecule has 0 heterocycles.